The molecule has 2 heterocycles. The Morgan fingerprint density at radius 2 is 2.29 bits per heavy atom. The lowest BCUT2D eigenvalue weighted by Crippen LogP contribution is -2.09. The zero-order valence-corrected chi connectivity index (χ0v) is 17.6. The first-order chi connectivity index (χ1) is 13.7. The van der Waals surface area contributed by atoms with Crippen LogP contribution in [0.15, 0.2) is 41.3 Å². The van der Waals surface area contributed by atoms with Crippen molar-refractivity contribution in [2.45, 2.75) is 18.9 Å². The van der Waals surface area contributed by atoms with Gasteiger partial charge in [-0.1, -0.05) is 0 Å². The number of nitrogens with zero attached hydrogens (tertiary/aromatic N) is 4. The first-order valence-electron chi connectivity index (χ1n) is 8.36. The van der Waals surface area contributed by atoms with Gasteiger partial charge in [0.2, 0.25) is 0 Å². The number of hydrogen-bond donors (Lipinski definition) is 2. The van der Waals surface area contributed by atoms with E-state index >= 15 is 0 Å². The monoisotopic (exact) mass is 504 g/mol. The molecule has 0 saturated heterocycles. The normalized spacial score (nSPS) is 15.4. The van der Waals surface area contributed by atoms with Gasteiger partial charge in [0.1, 0.15) is 29.3 Å². The van der Waals surface area contributed by atoms with E-state index in [0.29, 0.717) is 29.1 Å². The zero-order chi connectivity index (χ0) is 19.5. The van der Waals surface area contributed by atoms with Crippen LogP contribution in [0.5, 0.6) is 5.75 Å². The summed E-state index contributed by atoms with van der Waals surface area (Å²) < 4.78 is 11.4. The van der Waals surface area contributed by atoms with E-state index in [0.717, 1.165) is 29.8 Å². The Bertz CT molecular complexity index is 1070. The maximum absolute atomic E-state index is 8.98. The lowest BCUT2D eigenvalue weighted by Gasteiger charge is -2.16. The smallest absolute Gasteiger partial charge is 0.181 e. The highest BCUT2D eigenvalue weighted by Crippen LogP contribution is 2.36. The number of benzene rings is 1. The van der Waals surface area contributed by atoms with Gasteiger partial charge < -0.3 is 14.2 Å². The highest BCUT2D eigenvalue weighted by atomic mass is 127. The molecular formula is C18H14IN6O2P. The van der Waals surface area contributed by atoms with Crippen molar-refractivity contribution >= 4 is 39.8 Å². The minimum absolute atomic E-state index is 0.227. The average Bonchev–Trinajstić information content (AvgIpc) is 3.39. The summed E-state index contributed by atoms with van der Waals surface area (Å²) in [7, 11) is 0. The molecule has 10 heteroatoms. The molecule has 4 rings (SSSR count). The van der Waals surface area contributed by atoms with Gasteiger partial charge in [0.05, 0.1) is 6.20 Å². The summed E-state index contributed by atoms with van der Waals surface area (Å²) in [5.41, 5.74) is 3.80. The topological polar surface area (TPSA) is 121 Å². The van der Waals surface area contributed by atoms with E-state index in [-0.39, 0.29) is 11.8 Å². The number of halogens is 1. The predicted octanol–water partition coefficient (Wildman–Crippen LogP) is 4.17. The van der Waals surface area contributed by atoms with E-state index in [1.54, 1.807) is 6.07 Å². The molecule has 0 saturated carbocycles. The van der Waals surface area contributed by atoms with Crippen LogP contribution in [0.2, 0.25) is 0 Å². The predicted molar refractivity (Wildman–Crippen MR) is 113 cm³/mol. The molecule has 0 radical (unpaired) electrons. The van der Waals surface area contributed by atoms with Crippen molar-refractivity contribution in [1.82, 2.24) is 15.2 Å². The summed E-state index contributed by atoms with van der Waals surface area (Å²) in [4.78, 5) is 3.89. The molecule has 0 amide bonds. The van der Waals surface area contributed by atoms with E-state index < -0.39 is 0 Å². The second-order valence-corrected chi connectivity index (χ2v) is 8.12. The van der Waals surface area contributed by atoms with Crippen molar-refractivity contribution in [2.75, 3.05) is 5.09 Å². The molecule has 8 nitrogen and oxygen atoms in total. The van der Waals surface area contributed by atoms with Crippen molar-refractivity contribution in [3.05, 3.63) is 65.1 Å². The zero-order valence-electron chi connectivity index (χ0n) is 14.4. The number of oxazole rings is 1. The Morgan fingerprint density at radius 1 is 1.39 bits per heavy atom. The Hall–Kier alpha value is -2.57. The van der Waals surface area contributed by atoms with Gasteiger partial charge in [0.25, 0.3) is 0 Å². The van der Waals surface area contributed by atoms with Gasteiger partial charge in [-0.05, 0) is 64.7 Å². The number of hydrogen-bond acceptors (Lipinski definition) is 8. The van der Waals surface area contributed by atoms with Crippen LogP contribution < -0.4 is 9.82 Å². The number of aromatic nitrogens is 3. The van der Waals surface area contributed by atoms with Gasteiger partial charge >= 0.3 is 0 Å². The summed E-state index contributed by atoms with van der Waals surface area (Å²) in [5.74, 6) is 1.02. The molecule has 2 atom stereocenters. The summed E-state index contributed by atoms with van der Waals surface area (Å²) in [6.45, 7) is 0. The molecule has 2 N–H and O–H groups in total. The molecule has 28 heavy (non-hydrogen) atoms. The van der Waals surface area contributed by atoms with Gasteiger partial charge in [-0.2, -0.15) is 10.4 Å². The number of aryl methyl sites for hydroxylation is 1. The molecule has 1 aromatic carbocycles. The fraction of sp³-hybridized carbons (Fsp3) is 0.167. The third-order valence-electron chi connectivity index (χ3n) is 4.40. The van der Waals surface area contributed by atoms with Crippen LogP contribution in [-0.2, 0) is 6.42 Å². The maximum atomic E-state index is 8.98. The highest BCUT2D eigenvalue weighted by Gasteiger charge is 2.27. The third-order valence-corrected chi connectivity index (χ3v) is 5.57. The van der Waals surface area contributed by atoms with Crippen molar-refractivity contribution in [2.24, 2.45) is 0 Å². The molecule has 0 fully saturated rings. The molecule has 0 spiro atoms. The van der Waals surface area contributed by atoms with Gasteiger partial charge in [0.15, 0.2) is 17.8 Å². The van der Waals surface area contributed by atoms with Crippen molar-refractivity contribution in [1.29, 1.82) is 10.7 Å². The van der Waals surface area contributed by atoms with Crippen molar-refractivity contribution < 1.29 is 9.15 Å². The number of rotatable bonds is 6. The van der Waals surface area contributed by atoms with E-state index in [4.69, 9.17) is 19.8 Å². The van der Waals surface area contributed by atoms with Crippen LogP contribution in [0.25, 0.3) is 0 Å². The number of anilines is 1. The Morgan fingerprint density at radius 3 is 3.04 bits per heavy atom. The van der Waals surface area contributed by atoms with Crippen LogP contribution in [0.1, 0.15) is 40.8 Å². The molecule has 2 unspecified atom stereocenters. The summed E-state index contributed by atoms with van der Waals surface area (Å²) in [6, 6.07) is 9.36. The van der Waals surface area contributed by atoms with Crippen LogP contribution in [0.4, 0.5) is 5.69 Å². The molecule has 2 aromatic heterocycles. The van der Waals surface area contributed by atoms with Gasteiger partial charge in [-0.15, -0.1) is 5.10 Å². The van der Waals surface area contributed by atoms with Crippen LogP contribution in [0, 0.1) is 16.7 Å². The van der Waals surface area contributed by atoms with E-state index in [2.05, 4.69) is 42.3 Å². The minimum atomic E-state index is -0.229. The quantitative estimate of drug-likeness (QED) is 0.294. The average molecular weight is 504 g/mol. The summed E-state index contributed by atoms with van der Waals surface area (Å²) in [5, 5.41) is 28.8. The lowest BCUT2D eigenvalue weighted by molar-refractivity contribution is 0.202. The van der Waals surface area contributed by atoms with E-state index in [9.17, 15) is 0 Å². The van der Waals surface area contributed by atoms with Crippen LogP contribution in [-0.4, -0.2) is 20.9 Å². The molecule has 3 aromatic rings. The van der Waals surface area contributed by atoms with Crippen molar-refractivity contribution in [3.8, 4) is 11.8 Å². The molecular weight excluding hydrogens is 490 g/mol. The number of nitrogens with one attached hydrogen (secondary N) is 2. The van der Waals surface area contributed by atoms with Crippen LogP contribution in [0.3, 0.4) is 0 Å². The molecule has 1 aliphatic carbocycles. The molecule has 0 aliphatic heterocycles. The Balaban J connectivity index is 1.62. The fourth-order valence-electron chi connectivity index (χ4n) is 3.10. The maximum Gasteiger partial charge on any atom is 0.181 e. The number of fused-ring (bicyclic) bond motifs is 1. The van der Waals surface area contributed by atoms with Crippen molar-refractivity contribution in [3.63, 3.8) is 0 Å². The fourth-order valence-corrected chi connectivity index (χ4v) is 4.30. The van der Waals surface area contributed by atoms with Gasteiger partial charge in [-0.3, -0.25) is 5.41 Å². The largest absolute Gasteiger partial charge is 0.484 e. The second kappa shape index (κ2) is 8.20. The minimum Gasteiger partial charge on any atom is -0.484 e. The molecule has 140 valence electrons. The highest BCUT2D eigenvalue weighted by molar-refractivity contribution is 14.2. The molecule has 0 bridgehead atoms. The third kappa shape index (κ3) is 3.70. The Kier molecular flexibility index (Phi) is 5.50. The van der Waals surface area contributed by atoms with E-state index in [1.165, 1.54) is 12.6 Å². The summed E-state index contributed by atoms with van der Waals surface area (Å²) >= 11 is 2.24. The molecule has 1 aliphatic rings. The van der Waals surface area contributed by atoms with Gasteiger partial charge in [-0.25, -0.2) is 4.98 Å². The SMILES string of the molecule is N#Cc1cc2c(nn1)C(Oc1ccc(NPI)c(C(=N)c3cnco3)c1)CC2. The first kappa shape index (κ1) is 18.8. The Labute approximate surface area is 175 Å². The second-order valence-electron chi connectivity index (χ2n) is 6.06. The number of nitriles is 1. The van der Waals surface area contributed by atoms with Crippen LogP contribution >= 0.6 is 28.4 Å². The first-order valence-corrected chi connectivity index (χ1v) is 12.5. The lowest BCUT2D eigenvalue weighted by atomic mass is 10.1. The van der Waals surface area contributed by atoms with Gasteiger partial charge in [0, 0.05) is 17.6 Å². The standard InChI is InChI=1S/C18H14IN6O2P/c19-28-25-14-3-2-12(6-13(14)17(21)16-8-22-9-26-16)27-15-4-1-10-5-11(7-20)23-24-18(10)15/h2-3,5-6,8-9,15,21,25,28H,1,4H2. The summed E-state index contributed by atoms with van der Waals surface area (Å²) in [6.07, 6.45) is 4.61. The van der Waals surface area contributed by atoms with E-state index in [1.807, 2.05) is 24.3 Å². The number of ether oxygens (including phenoxy) is 1.